The quantitative estimate of drug-likeness (QED) is 0.564. The summed E-state index contributed by atoms with van der Waals surface area (Å²) in [5.41, 5.74) is 1.33. The molecule has 0 aliphatic heterocycles. The van der Waals surface area contributed by atoms with E-state index in [2.05, 4.69) is 20.4 Å². The molecule has 3 heterocycles. The van der Waals surface area contributed by atoms with Gasteiger partial charge in [0.2, 0.25) is 0 Å². The highest BCUT2D eigenvalue weighted by Crippen LogP contribution is 2.26. The van der Waals surface area contributed by atoms with Gasteiger partial charge >= 0.3 is 0 Å². The van der Waals surface area contributed by atoms with E-state index < -0.39 is 5.91 Å². The van der Waals surface area contributed by atoms with E-state index in [1.165, 1.54) is 35.6 Å². The molecular weight excluding hydrogens is 365 g/mol. The Bertz CT molecular complexity index is 1100. The Morgan fingerprint density at radius 1 is 1.19 bits per heavy atom. The van der Waals surface area contributed by atoms with Crippen LogP contribution in [0, 0.1) is 5.82 Å². The molecule has 0 aliphatic carbocycles. The third-order valence-electron chi connectivity index (χ3n) is 4.00. The molecule has 0 radical (unpaired) electrons. The first-order valence-corrected chi connectivity index (χ1v) is 9.27. The molecule has 4 aromatic rings. The number of halogens is 1. The minimum Gasteiger partial charge on any atom is -0.321 e. The maximum atomic E-state index is 13.1. The van der Waals surface area contributed by atoms with Crippen molar-refractivity contribution < 1.29 is 9.18 Å². The first-order valence-electron chi connectivity index (χ1n) is 8.39. The van der Waals surface area contributed by atoms with E-state index in [4.69, 9.17) is 0 Å². The van der Waals surface area contributed by atoms with Gasteiger partial charge in [-0.15, -0.1) is 11.3 Å². The molecule has 3 aromatic heterocycles. The van der Waals surface area contributed by atoms with Gasteiger partial charge in [-0.2, -0.15) is 5.10 Å². The topological polar surface area (TPSA) is 72.7 Å². The standard InChI is InChI=1S/C19H16FN5OS/c1-11(2)25-18-14(10-21-25)16(23-17(24-18)15-4-3-9-27-15)19(26)22-13-7-5-12(20)6-8-13/h3-11H,1-2H3,(H,22,26). The molecule has 136 valence electrons. The number of fused-ring (bicyclic) bond motifs is 1. The fourth-order valence-corrected chi connectivity index (χ4v) is 3.37. The summed E-state index contributed by atoms with van der Waals surface area (Å²) in [6.07, 6.45) is 1.60. The van der Waals surface area contributed by atoms with Gasteiger partial charge in [0.25, 0.3) is 5.91 Å². The van der Waals surface area contributed by atoms with Gasteiger partial charge in [0.05, 0.1) is 16.5 Å². The van der Waals surface area contributed by atoms with Crippen molar-refractivity contribution in [2.24, 2.45) is 0 Å². The number of hydrogen-bond donors (Lipinski definition) is 1. The Morgan fingerprint density at radius 2 is 1.96 bits per heavy atom. The van der Waals surface area contributed by atoms with Crippen LogP contribution in [0.3, 0.4) is 0 Å². The second kappa shape index (κ2) is 6.88. The molecule has 27 heavy (non-hydrogen) atoms. The summed E-state index contributed by atoms with van der Waals surface area (Å²) in [6.45, 7) is 4.00. The number of rotatable bonds is 4. The van der Waals surface area contributed by atoms with Gasteiger partial charge in [-0.05, 0) is 49.6 Å². The normalized spacial score (nSPS) is 11.3. The monoisotopic (exact) mass is 381 g/mol. The van der Waals surface area contributed by atoms with E-state index in [0.717, 1.165) is 4.88 Å². The molecule has 0 saturated heterocycles. The summed E-state index contributed by atoms with van der Waals surface area (Å²) in [7, 11) is 0. The number of benzene rings is 1. The molecule has 0 atom stereocenters. The number of carbonyl (C=O) groups is 1. The van der Waals surface area contributed by atoms with Gasteiger partial charge in [-0.25, -0.2) is 19.0 Å². The van der Waals surface area contributed by atoms with E-state index in [1.54, 1.807) is 10.9 Å². The lowest BCUT2D eigenvalue weighted by Gasteiger charge is -2.09. The van der Waals surface area contributed by atoms with Crippen molar-refractivity contribution in [3.63, 3.8) is 0 Å². The highest BCUT2D eigenvalue weighted by Gasteiger charge is 2.20. The van der Waals surface area contributed by atoms with Crippen LogP contribution in [-0.2, 0) is 0 Å². The van der Waals surface area contributed by atoms with Gasteiger partial charge < -0.3 is 5.32 Å². The van der Waals surface area contributed by atoms with E-state index in [-0.39, 0.29) is 17.6 Å². The van der Waals surface area contributed by atoms with Crippen LogP contribution in [0.15, 0.2) is 48.0 Å². The zero-order valence-corrected chi connectivity index (χ0v) is 15.5. The predicted octanol–water partition coefficient (Wildman–Crippen LogP) is 4.53. The van der Waals surface area contributed by atoms with Gasteiger partial charge in [0, 0.05) is 11.7 Å². The van der Waals surface area contributed by atoms with E-state index >= 15 is 0 Å². The molecule has 1 aromatic carbocycles. The number of amides is 1. The summed E-state index contributed by atoms with van der Waals surface area (Å²) in [5.74, 6) is -0.283. The molecule has 0 bridgehead atoms. The average molecular weight is 381 g/mol. The van der Waals surface area contributed by atoms with Crippen LogP contribution < -0.4 is 5.32 Å². The third kappa shape index (κ3) is 3.31. The Kier molecular flexibility index (Phi) is 4.41. The lowest BCUT2D eigenvalue weighted by Crippen LogP contribution is -2.15. The molecule has 1 N–H and O–H groups in total. The molecule has 0 unspecified atom stereocenters. The average Bonchev–Trinajstić information content (AvgIpc) is 3.32. The number of anilines is 1. The smallest absolute Gasteiger partial charge is 0.275 e. The number of thiophene rings is 1. The van der Waals surface area contributed by atoms with E-state index in [0.29, 0.717) is 22.5 Å². The predicted molar refractivity (Wildman–Crippen MR) is 103 cm³/mol. The second-order valence-corrected chi connectivity index (χ2v) is 7.20. The molecule has 4 rings (SSSR count). The van der Waals surface area contributed by atoms with Gasteiger partial charge in [0.15, 0.2) is 11.5 Å². The third-order valence-corrected chi connectivity index (χ3v) is 4.87. The molecule has 0 fully saturated rings. The van der Waals surface area contributed by atoms with Crippen LogP contribution in [0.1, 0.15) is 30.4 Å². The maximum absolute atomic E-state index is 13.1. The van der Waals surface area contributed by atoms with Crippen molar-refractivity contribution in [1.29, 1.82) is 0 Å². The molecule has 0 spiro atoms. The summed E-state index contributed by atoms with van der Waals surface area (Å²) < 4.78 is 14.9. The summed E-state index contributed by atoms with van der Waals surface area (Å²) in [6, 6.07) is 9.49. The van der Waals surface area contributed by atoms with Crippen molar-refractivity contribution in [3.05, 3.63) is 59.5 Å². The largest absolute Gasteiger partial charge is 0.321 e. The lowest BCUT2D eigenvalue weighted by atomic mass is 10.2. The second-order valence-electron chi connectivity index (χ2n) is 6.25. The summed E-state index contributed by atoms with van der Waals surface area (Å²) >= 11 is 1.50. The molecule has 0 aliphatic rings. The van der Waals surface area contributed by atoms with Crippen LogP contribution in [0.2, 0.25) is 0 Å². The first kappa shape index (κ1) is 17.3. The van der Waals surface area contributed by atoms with Crippen LogP contribution in [-0.4, -0.2) is 25.7 Å². The highest BCUT2D eigenvalue weighted by molar-refractivity contribution is 7.13. The van der Waals surface area contributed by atoms with E-state index in [9.17, 15) is 9.18 Å². The number of carbonyl (C=O) groups excluding carboxylic acids is 1. The Hall–Kier alpha value is -3.13. The minimum atomic E-state index is -0.393. The van der Waals surface area contributed by atoms with Crippen molar-refractivity contribution in [2.75, 3.05) is 5.32 Å². The number of nitrogens with one attached hydrogen (secondary N) is 1. The van der Waals surface area contributed by atoms with Crippen LogP contribution >= 0.6 is 11.3 Å². The van der Waals surface area contributed by atoms with Crippen LogP contribution in [0.5, 0.6) is 0 Å². The minimum absolute atomic E-state index is 0.0848. The summed E-state index contributed by atoms with van der Waals surface area (Å²) in [4.78, 5) is 22.9. The fourth-order valence-electron chi connectivity index (χ4n) is 2.72. The number of aromatic nitrogens is 4. The van der Waals surface area contributed by atoms with Crippen molar-refractivity contribution in [3.8, 4) is 10.7 Å². The number of hydrogen-bond acceptors (Lipinski definition) is 5. The zero-order valence-electron chi connectivity index (χ0n) is 14.7. The molecule has 6 nitrogen and oxygen atoms in total. The molecule has 1 amide bonds. The molecular formula is C19H16FN5OS. The van der Waals surface area contributed by atoms with Gasteiger partial charge in [0.1, 0.15) is 11.5 Å². The van der Waals surface area contributed by atoms with Gasteiger partial charge in [-0.3, -0.25) is 4.79 Å². The lowest BCUT2D eigenvalue weighted by molar-refractivity contribution is 0.102. The maximum Gasteiger partial charge on any atom is 0.275 e. The SMILES string of the molecule is CC(C)n1ncc2c(C(=O)Nc3ccc(F)cc3)nc(-c3cccs3)nc21. The first-order chi connectivity index (χ1) is 13.0. The zero-order chi connectivity index (χ0) is 19.0. The molecule has 0 saturated carbocycles. The van der Waals surface area contributed by atoms with Gasteiger partial charge in [-0.1, -0.05) is 6.07 Å². The Morgan fingerprint density at radius 3 is 2.63 bits per heavy atom. The van der Waals surface area contributed by atoms with Crippen molar-refractivity contribution >= 4 is 34.0 Å². The van der Waals surface area contributed by atoms with Crippen LogP contribution in [0.25, 0.3) is 21.7 Å². The van der Waals surface area contributed by atoms with Crippen molar-refractivity contribution in [2.45, 2.75) is 19.9 Å². The van der Waals surface area contributed by atoms with Crippen molar-refractivity contribution in [1.82, 2.24) is 19.7 Å². The Labute approximate surface area is 158 Å². The summed E-state index contributed by atoms with van der Waals surface area (Å²) in [5, 5.41) is 9.63. The molecule has 8 heteroatoms. The van der Waals surface area contributed by atoms with E-state index in [1.807, 2.05) is 31.4 Å². The Balaban J connectivity index is 1.82. The highest BCUT2D eigenvalue weighted by atomic mass is 32.1. The fraction of sp³-hybridized carbons (Fsp3) is 0.158. The number of nitrogens with zero attached hydrogens (tertiary/aromatic N) is 4. The van der Waals surface area contributed by atoms with Crippen LogP contribution in [0.4, 0.5) is 10.1 Å².